The van der Waals surface area contributed by atoms with Gasteiger partial charge in [-0.3, -0.25) is 9.36 Å². The predicted molar refractivity (Wildman–Crippen MR) is 144 cm³/mol. The van der Waals surface area contributed by atoms with E-state index in [1.807, 2.05) is 22.8 Å². The number of hydrogen-bond donors (Lipinski definition) is 1. The number of aromatic hydroxyl groups is 1. The molecule has 2 aromatic heterocycles. The van der Waals surface area contributed by atoms with E-state index >= 15 is 0 Å². The maximum atomic E-state index is 13.7. The average molecular weight is 598 g/mol. The van der Waals surface area contributed by atoms with Crippen molar-refractivity contribution in [1.29, 1.82) is 0 Å². The van der Waals surface area contributed by atoms with Gasteiger partial charge in [-0.05, 0) is 81.8 Å². The molecule has 8 heteroatoms. The summed E-state index contributed by atoms with van der Waals surface area (Å²) in [4.78, 5) is 20.6. The van der Waals surface area contributed by atoms with Gasteiger partial charge in [-0.2, -0.15) is 0 Å². The fourth-order valence-electron chi connectivity index (χ4n) is 4.70. The minimum atomic E-state index is -0.142. The number of fused-ring (bicyclic) bond motifs is 3. The fraction of sp³-hybridized carbons (Fsp3) is 0.154. The number of rotatable bonds is 3. The standard InChI is InChI=1S/C26H19IN2O3S2/c1-32-19-12-14(11-18(27)24(19)30)13-21-25(31)29-23(20-7-4-10-33-20)17-9-8-15-5-2-3-6-16(15)22(17)28-26(29)34-21/h2-7,10-13,23,30H,8-9H2,1H3/b21-13+/t23-/m0/s1. The van der Waals surface area contributed by atoms with Crippen molar-refractivity contribution < 1.29 is 9.84 Å². The number of aromatic nitrogens is 1. The molecule has 0 amide bonds. The largest absolute Gasteiger partial charge is 0.504 e. The van der Waals surface area contributed by atoms with E-state index in [2.05, 4.69) is 58.3 Å². The van der Waals surface area contributed by atoms with E-state index in [0.717, 1.165) is 29.0 Å². The number of halogens is 1. The van der Waals surface area contributed by atoms with Crippen molar-refractivity contribution in [3.63, 3.8) is 0 Å². The van der Waals surface area contributed by atoms with Gasteiger partial charge in [0.2, 0.25) is 0 Å². The Morgan fingerprint density at radius 3 is 2.85 bits per heavy atom. The Balaban J connectivity index is 1.60. The van der Waals surface area contributed by atoms with Gasteiger partial charge in [0.1, 0.15) is 0 Å². The Bertz CT molecular complexity index is 1650. The summed E-state index contributed by atoms with van der Waals surface area (Å²) in [5, 5.41) is 12.2. The monoisotopic (exact) mass is 598 g/mol. The molecule has 3 heterocycles. The van der Waals surface area contributed by atoms with Crippen LogP contribution in [0, 0.1) is 3.57 Å². The first-order chi connectivity index (χ1) is 16.5. The zero-order valence-corrected chi connectivity index (χ0v) is 21.9. The molecule has 4 aromatic rings. The summed E-state index contributed by atoms with van der Waals surface area (Å²) < 4.78 is 8.43. The molecule has 0 saturated heterocycles. The van der Waals surface area contributed by atoms with Crippen molar-refractivity contribution in [2.45, 2.75) is 18.9 Å². The fourth-order valence-corrected chi connectivity index (χ4v) is 7.18. The molecule has 1 atom stereocenters. The van der Waals surface area contributed by atoms with E-state index in [-0.39, 0.29) is 17.4 Å². The molecule has 6 rings (SSSR count). The number of aryl methyl sites for hydroxylation is 1. The summed E-state index contributed by atoms with van der Waals surface area (Å²) in [5.74, 6) is 0.486. The average Bonchev–Trinajstić information content (AvgIpc) is 3.48. The summed E-state index contributed by atoms with van der Waals surface area (Å²) >= 11 is 5.14. The zero-order valence-electron chi connectivity index (χ0n) is 18.1. The third-order valence-electron chi connectivity index (χ3n) is 6.25. The Labute approximate surface area is 217 Å². The number of ether oxygens (including phenoxy) is 1. The molecule has 2 aliphatic rings. The number of thiazole rings is 1. The number of phenolic OH excluding ortho intramolecular Hbond substituents is 1. The summed E-state index contributed by atoms with van der Waals surface area (Å²) in [6.45, 7) is 0. The van der Waals surface area contributed by atoms with Crippen LogP contribution in [0.4, 0.5) is 0 Å². The van der Waals surface area contributed by atoms with Crippen LogP contribution in [0.1, 0.15) is 34.0 Å². The lowest BCUT2D eigenvalue weighted by Gasteiger charge is -2.30. The molecular weight excluding hydrogens is 579 g/mol. The van der Waals surface area contributed by atoms with Crippen LogP contribution in [0.2, 0.25) is 0 Å². The third-order valence-corrected chi connectivity index (χ3v) is 8.98. The number of thiophene rings is 1. The molecule has 0 radical (unpaired) electrons. The van der Waals surface area contributed by atoms with Crippen LogP contribution in [0.5, 0.6) is 11.5 Å². The van der Waals surface area contributed by atoms with E-state index in [9.17, 15) is 9.90 Å². The highest BCUT2D eigenvalue weighted by atomic mass is 127. The Morgan fingerprint density at radius 2 is 2.06 bits per heavy atom. The number of phenols is 1. The molecule has 1 aliphatic carbocycles. The molecule has 0 unspecified atom stereocenters. The van der Waals surface area contributed by atoms with Gasteiger partial charge in [-0.25, -0.2) is 4.99 Å². The van der Waals surface area contributed by atoms with Crippen molar-refractivity contribution in [2.24, 2.45) is 4.99 Å². The van der Waals surface area contributed by atoms with Crippen molar-refractivity contribution in [3.8, 4) is 11.5 Å². The van der Waals surface area contributed by atoms with Crippen molar-refractivity contribution in [3.05, 3.63) is 104 Å². The molecule has 0 fully saturated rings. The van der Waals surface area contributed by atoms with Gasteiger partial charge in [-0.1, -0.05) is 41.7 Å². The van der Waals surface area contributed by atoms with Gasteiger partial charge < -0.3 is 9.84 Å². The minimum absolute atomic E-state index is 0.0467. The lowest BCUT2D eigenvalue weighted by molar-refractivity contribution is 0.371. The lowest BCUT2D eigenvalue weighted by Crippen LogP contribution is -2.38. The number of nitrogens with zero attached hydrogens (tertiary/aromatic N) is 2. The Kier molecular flexibility index (Phi) is 5.46. The Morgan fingerprint density at radius 1 is 1.21 bits per heavy atom. The molecule has 0 spiro atoms. The SMILES string of the molecule is COc1cc(/C=c2/sc3n(c2=O)[C@H](c2cccs2)C2=C(N=3)c3ccccc3CC2)cc(I)c1O. The second-order valence-corrected chi connectivity index (χ2v) is 11.3. The first kappa shape index (κ1) is 21.8. The van der Waals surface area contributed by atoms with Crippen LogP contribution in [0.25, 0.3) is 11.8 Å². The van der Waals surface area contributed by atoms with Gasteiger partial charge in [0.15, 0.2) is 16.3 Å². The van der Waals surface area contributed by atoms with Crippen LogP contribution < -0.4 is 19.6 Å². The molecule has 1 aliphatic heterocycles. The molecular formula is C26H19IN2O3S2. The molecule has 0 bridgehead atoms. The maximum Gasteiger partial charge on any atom is 0.271 e. The molecule has 5 nitrogen and oxygen atoms in total. The highest BCUT2D eigenvalue weighted by Gasteiger charge is 2.33. The topological polar surface area (TPSA) is 63.8 Å². The van der Waals surface area contributed by atoms with Crippen LogP contribution in [-0.2, 0) is 6.42 Å². The van der Waals surface area contributed by atoms with Gasteiger partial charge in [-0.15, -0.1) is 11.3 Å². The predicted octanol–water partition coefficient (Wildman–Crippen LogP) is 4.70. The maximum absolute atomic E-state index is 13.7. The molecule has 34 heavy (non-hydrogen) atoms. The smallest absolute Gasteiger partial charge is 0.271 e. The van der Waals surface area contributed by atoms with Crippen molar-refractivity contribution in [1.82, 2.24) is 4.57 Å². The van der Waals surface area contributed by atoms with E-state index in [0.29, 0.717) is 18.7 Å². The van der Waals surface area contributed by atoms with Gasteiger partial charge in [0, 0.05) is 10.4 Å². The second-order valence-electron chi connectivity index (χ2n) is 8.18. The molecule has 170 valence electrons. The van der Waals surface area contributed by atoms with Gasteiger partial charge >= 0.3 is 0 Å². The van der Waals surface area contributed by atoms with Gasteiger partial charge in [0.05, 0.1) is 27.0 Å². The highest BCUT2D eigenvalue weighted by molar-refractivity contribution is 14.1. The summed E-state index contributed by atoms with van der Waals surface area (Å²) in [7, 11) is 1.52. The molecule has 1 N–H and O–H groups in total. The van der Waals surface area contributed by atoms with Gasteiger partial charge in [0.25, 0.3) is 5.56 Å². The highest BCUT2D eigenvalue weighted by Crippen LogP contribution is 2.42. The number of allylic oxidation sites excluding steroid dienone is 1. The van der Waals surface area contributed by atoms with Crippen LogP contribution in [0.3, 0.4) is 0 Å². The number of benzene rings is 2. The second kappa shape index (κ2) is 8.51. The first-order valence-electron chi connectivity index (χ1n) is 10.8. The van der Waals surface area contributed by atoms with Crippen LogP contribution in [0.15, 0.2) is 69.3 Å². The minimum Gasteiger partial charge on any atom is -0.504 e. The number of hydrogen-bond acceptors (Lipinski definition) is 6. The molecule has 2 aromatic carbocycles. The third kappa shape index (κ3) is 3.47. The van der Waals surface area contributed by atoms with E-state index < -0.39 is 0 Å². The van der Waals surface area contributed by atoms with Crippen LogP contribution in [-0.4, -0.2) is 16.8 Å². The van der Waals surface area contributed by atoms with Crippen molar-refractivity contribution >= 4 is 57.0 Å². The van der Waals surface area contributed by atoms with Crippen LogP contribution >= 0.6 is 45.3 Å². The zero-order chi connectivity index (χ0) is 23.4. The summed E-state index contributed by atoms with van der Waals surface area (Å²) in [6, 6.07) is 16.0. The lowest BCUT2D eigenvalue weighted by atomic mass is 9.85. The summed E-state index contributed by atoms with van der Waals surface area (Å²) in [5.41, 5.74) is 5.44. The quantitative estimate of drug-likeness (QED) is 0.348. The van der Waals surface area contributed by atoms with E-state index in [4.69, 9.17) is 9.73 Å². The van der Waals surface area contributed by atoms with E-state index in [1.54, 1.807) is 17.4 Å². The summed E-state index contributed by atoms with van der Waals surface area (Å²) in [6.07, 6.45) is 3.69. The first-order valence-corrected chi connectivity index (χ1v) is 13.6. The Hall–Kier alpha value is -2.69. The molecule has 0 saturated carbocycles. The van der Waals surface area contributed by atoms with Crippen molar-refractivity contribution in [2.75, 3.05) is 7.11 Å². The van der Waals surface area contributed by atoms with E-state index in [1.165, 1.54) is 35.1 Å². The normalized spacial score (nSPS) is 17.1. The number of methoxy groups -OCH3 is 1.